The molecule has 0 bridgehead atoms. The second-order valence-corrected chi connectivity index (χ2v) is 1.84. The molecule has 0 spiro atoms. The molecule has 0 unspecified atom stereocenters. The van der Waals surface area contributed by atoms with Gasteiger partial charge in [0.25, 0.3) is 5.78 Å². The molecular formula is C6H8F3NO2. The van der Waals surface area contributed by atoms with E-state index in [1.165, 1.54) is 0 Å². The second-order valence-electron chi connectivity index (χ2n) is 1.84. The number of hydrogen-bond acceptors (Lipinski definition) is 3. The smallest absolute Gasteiger partial charge is 0.454 e. The van der Waals surface area contributed by atoms with Crippen LogP contribution >= 0.6 is 0 Å². The summed E-state index contributed by atoms with van der Waals surface area (Å²) in [6, 6.07) is 0. The van der Waals surface area contributed by atoms with Crippen LogP contribution in [-0.2, 0) is 9.53 Å². The molecular weight excluding hydrogens is 175 g/mol. The van der Waals surface area contributed by atoms with E-state index >= 15 is 0 Å². The summed E-state index contributed by atoms with van der Waals surface area (Å²) in [5, 5.41) is 0. The van der Waals surface area contributed by atoms with Crippen molar-refractivity contribution in [1.82, 2.24) is 0 Å². The molecule has 12 heavy (non-hydrogen) atoms. The first-order valence-electron chi connectivity index (χ1n) is 3.09. The Balaban J connectivity index is 4.24. The molecule has 0 saturated carbocycles. The largest absolute Gasteiger partial charge is 0.480 e. The van der Waals surface area contributed by atoms with Crippen LogP contribution in [0.2, 0.25) is 0 Å². The van der Waals surface area contributed by atoms with Gasteiger partial charge in [0.05, 0.1) is 12.7 Å². The molecule has 2 N–H and O–H groups in total. The third kappa shape index (κ3) is 3.85. The summed E-state index contributed by atoms with van der Waals surface area (Å²) in [7, 11) is 0. The zero-order valence-electron chi connectivity index (χ0n) is 6.31. The number of alkyl halides is 3. The number of allylic oxidation sites excluding steroid dienone is 1. The highest BCUT2D eigenvalue weighted by atomic mass is 19.4. The maximum Gasteiger partial charge on any atom is 0.454 e. The molecule has 0 atom stereocenters. The highest BCUT2D eigenvalue weighted by Gasteiger charge is 2.36. The molecule has 0 amide bonds. The molecule has 0 aromatic carbocycles. The Kier molecular flexibility index (Phi) is 3.59. The highest BCUT2D eigenvalue weighted by Crippen LogP contribution is 2.16. The van der Waals surface area contributed by atoms with Crippen molar-refractivity contribution < 1.29 is 22.7 Å². The fourth-order valence-electron chi connectivity index (χ4n) is 0.419. The lowest BCUT2D eigenvalue weighted by molar-refractivity contribution is -0.165. The number of halogens is 3. The van der Waals surface area contributed by atoms with Gasteiger partial charge in [-0.1, -0.05) is 0 Å². The van der Waals surface area contributed by atoms with Crippen LogP contribution in [-0.4, -0.2) is 18.6 Å². The van der Waals surface area contributed by atoms with E-state index in [-0.39, 0.29) is 12.7 Å². The van der Waals surface area contributed by atoms with Gasteiger partial charge in [0.15, 0.2) is 5.88 Å². The molecule has 0 radical (unpaired) electrons. The molecule has 0 heterocycles. The van der Waals surface area contributed by atoms with E-state index in [9.17, 15) is 18.0 Å². The van der Waals surface area contributed by atoms with Gasteiger partial charge >= 0.3 is 6.18 Å². The SMILES string of the molecule is CCO/C(N)=C\C(=O)C(F)(F)F. The number of ether oxygens (including phenoxy) is 1. The van der Waals surface area contributed by atoms with Gasteiger partial charge in [0.1, 0.15) is 0 Å². The van der Waals surface area contributed by atoms with Gasteiger partial charge in [-0.3, -0.25) is 4.79 Å². The lowest BCUT2D eigenvalue weighted by Crippen LogP contribution is -2.22. The van der Waals surface area contributed by atoms with Crippen molar-refractivity contribution in [1.29, 1.82) is 0 Å². The van der Waals surface area contributed by atoms with Crippen molar-refractivity contribution in [3.05, 3.63) is 12.0 Å². The van der Waals surface area contributed by atoms with Gasteiger partial charge in [-0.05, 0) is 6.92 Å². The Bertz CT molecular complexity index is 197. The Hall–Kier alpha value is -1.20. The fourth-order valence-corrected chi connectivity index (χ4v) is 0.419. The first kappa shape index (κ1) is 10.8. The maximum absolute atomic E-state index is 11.5. The minimum Gasteiger partial charge on any atom is -0.480 e. The Morgan fingerprint density at radius 1 is 1.58 bits per heavy atom. The van der Waals surface area contributed by atoms with Crippen LogP contribution in [0, 0.1) is 0 Å². The average Bonchev–Trinajstić information content (AvgIpc) is 1.85. The lowest BCUT2D eigenvalue weighted by atomic mass is 10.4. The van der Waals surface area contributed by atoms with Crippen LogP contribution in [0.25, 0.3) is 0 Å². The number of rotatable bonds is 3. The summed E-state index contributed by atoms with van der Waals surface area (Å²) in [5.74, 6) is -2.55. The fraction of sp³-hybridized carbons (Fsp3) is 0.500. The van der Waals surface area contributed by atoms with E-state index in [4.69, 9.17) is 5.73 Å². The third-order valence-corrected chi connectivity index (χ3v) is 0.864. The summed E-state index contributed by atoms with van der Waals surface area (Å²) >= 11 is 0. The third-order valence-electron chi connectivity index (χ3n) is 0.864. The zero-order chi connectivity index (χ0) is 9.78. The molecule has 0 aliphatic heterocycles. The Morgan fingerprint density at radius 3 is 2.42 bits per heavy atom. The molecule has 0 aromatic heterocycles. The minimum atomic E-state index is -4.89. The first-order chi connectivity index (χ1) is 5.38. The van der Waals surface area contributed by atoms with Gasteiger partial charge in [-0.15, -0.1) is 0 Å². The monoisotopic (exact) mass is 183 g/mol. The second kappa shape index (κ2) is 3.99. The van der Waals surface area contributed by atoms with E-state index in [2.05, 4.69) is 4.74 Å². The molecule has 0 aliphatic carbocycles. The molecule has 6 heteroatoms. The van der Waals surface area contributed by atoms with Gasteiger partial charge in [0, 0.05) is 0 Å². The van der Waals surface area contributed by atoms with Crippen LogP contribution in [0.4, 0.5) is 13.2 Å². The molecule has 3 nitrogen and oxygen atoms in total. The van der Waals surface area contributed by atoms with Gasteiger partial charge in [-0.2, -0.15) is 13.2 Å². The summed E-state index contributed by atoms with van der Waals surface area (Å²) in [5.41, 5.74) is 4.90. The minimum absolute atomic E-state index is 0.119. The molecule has 0 fully saturated rings. The number of carbonyl (C=O) groups excluding carboxylic acids is 1. The van der Waals surface area contributed by atoms with E-state index in [0.717, 1.165) is 0 Å². The van der Waals surface area contributed by atoms with Crippen molar-refractivity contribution in [2.45, 2.75) is 13.1 Å². The average molecular weight is 183 g/mol. The van der Waals surface area contributed by atoms with Crippen LogP contribution < -0.4 is 5.73 Å². The standard InChI is InChI=1S/C6H8F3NO2/c1-2-12-5(10)3-4(11)6(7,8)9/h3H,2,10H2,1H3/b5-3-. The van der Waals surface area contributed by atoms with Crippen molar-refractivity contribution >= 4 is 5.78 Å². The zero-order valence-corrected chi connectivity index (χ0v) is 6.31. The summed E-state index contributed by atoms with van der Waals surface area (Å²) in [4.78, 5) is 10.2. The summed E-state index contributed by atoms with van der Waals surface area (Å²) < 4.78 is 39.1. The van der Waals surface area contributed by atoms with E-state index in [0.29, 0.717) is 0 Å². The predicted octanol–water partition coefficient (Wildman–Crippen LogP) is 0.954. The van der Waals surface area contributed by atoms with E-state index < -0.39 is 17.8 Å². The van der Waals surface area contributed by atoms with Gasteiger partial charge < -0.3 is 10.5 Å². The quantitative estimate of drug-likeness (QED) is 0.523. The highest BCUT2D eigenvalue weighted by molar-refractivity contribution is 5.94. The number of nitrogens with two attached hydrogens (primary N) is 1. The van der Waals surface area contributed by atoms with Gasteiger partial charge in [-0.25, -0.2) is 0 Å². The molecule has 0 aromatic rings. The van der Waals surface area contributed by atoms with Crippen molar-refractivity contribution in [2.75, 3.05) is 6.61 Å². The molecule has 70 valence electrons. The lowest BCUT2D eigenvalue weighted by Gasteiger charge is -2.03. The molecule has 0 rings (SSSR count). The van der Waals surface area contributed by atoms with Gasteiger partial charge in [0.2, 0.25) is 0 Å². The summed E-state index contributed by atoms with van der Waals surface area (Å²) in [6.45, 7) is 1.66. The number of hydrogen-bond donors (Lipinski definition) is 1. The summed E-state index contributed by atoms with van der Waals surface area (Å²) in [6.07, 6.45) is -4.68. The van der Waals surface area contributed by atoms with E-state index in [1.54, 1.807) is 6.92 Å². The van der Waals surface area contributed by atoms with Crippen LogP contribution in [0.5, 0.6) is 0 Å². The Morgan fingerprint density at radius 2 is 2.08 bits per heavy atom. The normalized spacial score (nSPS) is 12.8. The van der Waals surface area contributed by atoms with Crippen molar-refractivity contribution in [3.8, 4) is 0 Å². The van der Waals surface area contributed by atoms with E-state index in [1.807, 2.05) is 0 Å². The number of carbonyl (C=O) groups is 1. The van der Waals surface area contributed by atoms with Crippen LogP contribution in [0.3, 0.4) is 0 Å². The topological polar surface area (TPSA) is 52.3 Å². The Labute approximate surface area is 67.0 Å². The first-order valence-corrected chi connectivity index (χ1v) is 3.09. The van der Waals surface area contributed by atoms with Crippen molar-refractivity contribution in [3.63, 3.8) is 0 Å². The van der Waals surface area contributed by atoms with Crippen LogP contribution in [0.1, 0.15) is 6.92 Å². The van der Waals surface area contributed by atoms with Crippen molar-refractivity contribution in [2.24, 2.45) is 5.73 Å². The maximum atomic E-state index is 11.5. The number of ketones is 1. The predicted molar refractivity (Wildman–Crippen MR) is 35.0 cm³/mol. The molecule has 0 saturated heterocycles. The van der Waals surface area contributed by atoms with Crippen LogP contribution in [0.15, 0.2) is 12.0 Å². The molecule has 0 aliphatic rings.